The number of carbonyl (C=O) groups excluding carboxylic acids is 1. The molecule has 90 valence electrons. The van der Waals surface area contributed by atoms with Crippen LogP contribution in [0.15, 0.2) is 54.6 Å². The molecule has 2 nitrogen and oxygen atoms in total. The zero-order chi connectivity index (χ0) is 12.5. The minimum Gasteiger partial charge on any atom is -0.452 e. The van der Waals surface area contributed by atoms with E-state index < -0.39 is 0 Å². The average molecular weight is 303 g/mol. The predicted molar refractivity (Wildman–Crippen MR) is 72.7 cm³/mol. The Hall–Kier alpha value is -1.61. The van der Waals surface area contributed by atoms with Gasteiger partial charge in [0.15, 0.2) is 0 Å². The van der Waals surface area contributed by atoms with Crippen LogP contribution in [-0.4, -0.2) is 5.97 Å². The number of hydrogen-bond donors (Lipinski definition) is 0. The first-order chi connectivity index (χ1) is 8.77. The fraction of sp³-hybridized carbons (Fsp3) is 0.133. The van der Waals surface area contributed by atoms with Crippen molar-refractivity contribution in [2.75, 3.05) is 0 Å². The van der Waals surface area contributed by atoms with E-state index in [1.807, 2.05) is 54.6 Å². The van der Waals surface area contributed by atoms with Gasteiger partial charge in [-0.3, -0.25) is 0 Å². The first-order valence-electron chi connectivity index (χ1n) is 5.76. The van der Waals surface area contributed by atoms with Crippen LogP contribution in [0.25, 0.3) is 0 Å². The van der Waals surface area contributed by atoms with E-state index >= 15 is 0 Å². The highest BCUT2D eigenvalue weighted by Gasteiger charge is 2.35. The summed E-state index contributed by atoms with van der Waals surface area (Å²) in [5, 5.41) is 0. The molecule has 0 spiro atoms. The molecule has 2 aromatic rings. The number of cyclic esters (lactones) is 1. The molecule has 0 aliphatic carbocycles. The molecular weight excluding hydrogens is 292 g/mol. The smallest absolute Gasteiger partial charge is 0.339 e. The summed E-state index contributed by atoms with van der Waals surface area (Å²) in [6.07, 6.45) is -0.254. The van der Waals surface area contributed by atoms with Crippen LogP contribution in [0.3, 0.4) is 0 Å². The summed E-state index contributed by atoms with van der Waals surface area (Å²) < 4.78 is 5.46. The fourth-order valence-electron chi connectivity index (χ4n) is 2.20. The second kappa shape index (κ2) is 4.58. The third-order valence-corrected chi connectivity index (χ3v) is 4.11. The molecule has 1 unspecified atom stereocenters. The summed E-state index contributed by atoms with van der Waals surface area (Å²) in [6, 6.07) is 17.5. The maximum atomic E-state index is 11.8. The molecule has 3 heteroatoms. The lowest BCUT2D eigenvalue weighted by Gasteiger charge is -2.17. The van der Waals surface area contributed by atoms with Crippen molar-refractivity contribution in [2.24, 2.45) is 0 Å². The quantitative estimate of drug-likeness (QED) is 0.618. The Balaban J connectivity index is 1.98. The molecule has 2 atom stereocenters. The van der Waals surface area contributed by atoms with E-state index in [0.29, 0.717) is 5.56 Å². The number of halogens is 1. The summed E-state index contributed by atoms with van der Waals surface area (Å²) in [5.41, 5.74) is 2.73. The summed E-state index contributed by atoms with van der Waals surface area (Å²) >= 11 is 3.63. The van der Waals surface area contributed by atoms with Gasteiger partial charge in [0.05, 0.1) is 10.4 Å². The third kappa shape index (κ3) is 1.85. The van der Waals surface area contributed by atoms with E-state index in [1.54, 1.807) is 0 Å². The summed E-state index contributed by atoms with van der Waals surface area (Å²) in [7, 11) is 0. The van der Waals surface area contributed by atoms with E-state index in [1.165, 1.54) is 0 Å². The monoisotopic (exact) mass is 302 g/mol. The van der Waals surface area contributed by atoms with Crippen LogP contribution >= 0.6 is 15.9 Å². The largest absolute Gasteiger partial charge is 0.452 e. The Kier molecular flexibility index (Phi) is 2.92. The van der Waals surface area contributed by atoms with Crippen LogP contribution in [0.5, 0.6) is 0 Å². The number of hydrogen-bond acceptors (Lipinski definition) is 2. The number of ether oxygens (including phenoxy) is 1. The van der Waals surface area contributed by atoms with Gasteiger partial charge in [0, 0.05) is 5.56 Å². The van der Waals surface area contributed by atoms with Crippen molar-refractivity contribution >= 4 is 21.9 Å². The van der Waals surface area contributed by atoms with Crippen molar-refractivity contribution in [3.63, 3.8) is 0 Å². The zero-order valence-corrected chi connectivity index (χ0v) is 11.1. The lowest BCUT2D eigenvalue weighted by molar-refractivity contribution is 0.0384. The first-order valence-corrected chi connectivity index (χ1v) is 6.68. The minimum absolute atomic E-state index is 0.0219. The number of esters is 1. The van der Waals surface area contributed by atoms with Gasteiger partial charge in [0.1, 0.15) is 6.10 Å². The fourth-order valence-corrected chi connectivity index (χ4v) is 2.90. The highest BCUT2D eigenvalue weighted by Crippen LogP contribution is 2.44. The summed E-state index contributed by atoms with van der Waals surface area (Å²) in [4.78, 5) is 11.7. The molecule has 0 bridgehead atoms. The molecule has 0 amide bonds. The molecule has 1 aliphatic rings. The molecule has 0 radical (unpaired) electrons. The third-order valence-electron chi connectivity index (χ3n) is 3.11. The second-order valence-electron chi connectivity index (χ2n) is 4.23. The van der Waals surface area contributed by atoms with Crippen molar-refractivity contribution in [1.29, 1.82) is 0 Å². The van der Waals surface area contributed by atoms with E-state index in [9.17, 15) is 4.79 Å². The normalized spacial score (nSPS) is 19.2. The van der Waals surface area contributed by atoms with Gasteiger partial charge in [-0.2, -0.15) is 0 Å². The van der Waals surface area contributed by atoms with Crippen molar-refractivity contribution in [2.45, 2.75) is 10.9 Å². The topological polar surface area (TPSA) is 26.3 Å². The van der Waals surface area contributed by atoms with Crippen LogP contribution in [-0.2, 0) is 4.74 Å². The number of fused-ring (bicyclic) bond motifs is 1. The summed E-state index contributed by atoms with van der Waals surface area (Å²) in [5.74, 6) is -0.240. The van der Waals surface area contributed by atoms with E-state index in [4.69, 9.17) is 4.74 Å². The Labute approximate surface area is 114 Å². The van der Waals surface area contributed by atoms with Gasteiger partial charge in [0.25, 0.3) is 0 Å². The van der Waals surface area contributed by atoms with Crippen molar-refractivity contribution < 1.29 is 9.53 Å². The van der Waals surface area contributed by atoms with Gasteiger partial charge in [-0.05, 0) is 11.6 Å². The molecule has 0 saturated heterocycles. The van der Waals surface area contributed by atoms with Gasteiger partial charge in [-0.15, -0.1) is 0 Å². The van der Waals surface area contributed by atoms with Crippen molar-refractivity contribution in [3.05, 3.63) is 71.3 Å². The number of alkyl halides is 1. The molecule has 1 heterocycles. The molecule has 0 N–H and O–H groups in total. The van der Waals surface area contributed by atoms with Crippen LogP contribution in [0.4, 0.5) is 0 Å². The lowest BCUT2D eigenvalue weighted by Crippen LogP contribution is -2.05. The van der Waals surface area contributed by atoms with E-state index in [-0.39, 0.29) is 16.9 Å². The number of carbonyl (C=O) groups is 1. The van der Waals surface area contributed by atoms with Crippen molar-refractivity contribution in [3.8, 4) is 0 Å². The van der Waals surface area contributed by atoms with Crippen LogP contribution in [0.1, 0.15) is 32.4 Å². The number of benzene rings is 2. The SMILES string of the molecule is O=C1OC([C@H](Br)c2ccccc2)c2ccccc21. The van der Waals surface area contributed by atoms with Gasteiger partial charge in [0.2, 0.25) is 0 Å². The van der Waals surface area contributed by atoms with Crippen LogP contribution in [0, 0.1) is 0 Å². The second-order valence-corrected chi connectivity index (χ2v) is 5.21. The highest BCUT2D eigenvalue weighted by atomic mass is 79.9. The average Bonchev–Trinajstić information content (AvgIpc) is 2.77. The van der Waals surface area contributed by atoms with Crippen molar-refractivity contribution in [1.82, 2.24) is 0 Å². The van der Waals surface area contributed by atoms with Crippen LogP contribution in [0.2, 0.25) is 0 Å². The summed E-state index contributed by atoms with van der Waals surface area (Å²) in [6.45, 7) is 0. The maximum Gasteiger partial charge on any atom is 0.339 e. The Bertz CT molecular complexity index is 580. The van der Waals surface area contributed by atoms with Gasteiger partial charge in [-0.1, -0.05) is 64.5 Å². The molecule has 3 rings (SSSR count). The number of rotatable bonds is 2. The molecule has 18 heavy (non-hydrogen) atoms. The Morgan fingerprint density at radius 2 is 1.67 bits per heavy atom. The minimum atomic E-state index is -0.254. The molecule has 0 saturated carbocycles. The molecular formula is C15H11BrO2. The molecule has 1 aliphatic heterocycles. The highest BCUT2D eigenvalue weighted by molar-refractivity contribution is 9.09. The van der Waals surface area contributed by atoms with E-state index in [0.717, 1.165) is 11.1 Å². The molecule has 0 aromatic heterocycles. The Morgan fingerprint density at radius 1 is 1.00 bits per heavy atom. The van der Waals surface area contributed by atoms with Gasteiger partial charge in [-0.25, -0.2) is 4.79 Å². The van der Waals surface area contributed by atoms with E-state index in [2.05, 4.69) is 15.9 Å². The lowest BCUT2D eigenvalue weighted by atomic mass is 9.99. The predicted octanol–water partition coefficient (Wildman–Crippen LogP) is 4.03. The first kappa shape index (κ1) is 11.5. The van der Waals surface area contributed by atoms with Gasteiger partial charge < -0.3 is 4.74 Å². The zero-order valence-electron chi connectivity index (χ0n) is 9.55. The van der Waals surface area contributed by atoms with Crippen LogP contribution < -0.4 is 0 Å². The Morgan fingerprint density at radius 3 is 2.44 bits per heavy atom. The standard InChI is InChI=1S/C15H11BrO2/c16-13(10-6-2-1-3-7-10)14-11-8-4-5-9-12(11)15(17)18-14/h1-9,13-14H/t13-,14?/m1/s1. The van der Waals surface area contributed by atoms with Gasteiger partial charge >= 0.3 is 5.97 Å². The molecule has 2 aromatic carbocycles. The molecule has 0 fully saturated rings. The maximum absolute atomic E-state index is 11.8.